The number of anilines is 1. The van der Waals surface area contributed by atoms with Crippen LogP contribution in [-0.4, -0.2) is 20.4 Å². The molecule has 0 bridgehead atoms. The number of carbonyl (C=O) groups excluding carboxylic acids is 1. The lowest BCUT2D eigenvalue weighted by molar-refractivity contribution is 0.102. The van der Waals surface area contributed by atoms with E-state index in [2.05, 4.69) is 10.0 Å². The molecule has 0 aromatic heterocycles. The average Bonchev–Trinajstić information content (AvgIpc) is 2.62. The SMILES string of the molecule is CCC(CC)NS(=O)(=O)c1ccc(F)c(C(=O)Nc2ccc(F)c(F)c2)c1. The molecule has 146 valence electrons. The molecule has 2 rings (SSSR count). The predicted molar refractivity (Wildman–Crippen MR) is 95.4 cm³/mol. The molecule has 0 atom stereocenters. The second-order valence-corrected chi connectivity index (χ2v) is 7.57. The molecule has 0 saturated carbocycles. The largest absolute Gasteiger partial charge is 0.322 e. The van der Waals surface area contributed by atoms with Crippen molar-refractivity contribution in [2.45, 2.75) is 37.6 Å². The van der Waals surface area contributed by atoms with Crippen molar-refractivity contribution < 1.29 is 26.4 Å². The summed E-state index contributed by atoms with van der Waals surface area (Å²) in [5, 5.41) is 2.21. The van der Waals surface area contributed by atoms with Crippen molar-refractivity contribution in [3.63, 3.8) is 0 Å². The first-order valence-electron chi connectivity index (χ1n) is 8.26. The number of hydrogen-bond acceptors (Lipinski definition) is 3. The highest BCUT2D eigenvalue weighted by atomic mass is 32.2. The van der Waals surface area contributed by atoms with Crippen LogP contribution in [0.3, 0.4) is 0 Å². The van der Waals surface area contributed by atoms with Crippen molar-refractivity contribution in [1.82, 2.24) is 4.72 Å². The van der Waals surface area contributed by atoms with E-state index >= 15 is 0 Å². The summed E-state index contributed by atoms with van der Waals surface area (Å²) < 4.78 is 67.6. The van der Waals surface area contributed by atoms with E-state index in [1.807, 2.05) is 13.8 Å². The molecule has 0 aliphatic carbocycles. The number of benzene rings is 2. The van der Waals surface area contributed by atoms with Crippen molar-refractivity contribution in [3.8, 4) is 0 Å². The first-order chi connectivity index (χ1) is 12.7. The van der Waals surface area contributed by atoms with E-state index < -0.39 is 38.9 Å². The number of rotatable bonds is 7. The molecule has 0 saturated heterocycles. The summed E-state index contributed by atoms with van der Waals surface area (Å²) >= 11 is 0. The van der Waals surface area contributed by atoms with Gasteiger partial charge < -0.3 is 5.32 Å². The van der Waals surface area contributed by atoms with Gasteiger partial charge in [-0.25, -0.2) is 26.3 Å². The molecule has 1 amide bonds. The monoisotopic (exact) mass is 400 g/mol. The molecule has 0 aliphatic rings. The lowest BCUT2D eigenvalue weighted by Crippen LogP contribution is -2.34. The first-order valence-corrected chi connectivity index (χ1v) is 9.74. The molecule has 2 aromatic carbocycles. The molecule has 27 heavy (non-hydrogen) atoms. The maximum Gasteiger partial charge on any atom is 0.258 e. The van der Waals surface area contributed by atoms with Gasteiger partial charge in [-0.2, -0.15) is 0 Å². The lowest BCUT2D eigenvalue weighted by atomic mass is 10.2. The van der Waals surface area contributed by atoms with Crippen LogP contribution in [0.15, 0.2) is 41.3 Å². The van der Waals surface area contributed by atoms with Crippen LogP contribution < -0.4 is 10.0 Å². The smallest absolute Gasteiger partial charge is 0.258 e. The van der Waals surface area contributed by atoms with Crippen LogP contribution >= 0.6 is 0 Å². The van der Waals surface area contributed by atoms with Gasteiger partial charge in [-0.1, -0.05) is 13.8 Å². The third-order valence-corrected chi connectivity index (χ3v) is 5.50. The maximum absolute atomic E-state index is 14.0. The van der Waals surface area contributed by atoms with Gasteiger partial charge in [-0.3, -0.25) is 4.79 Å². The highest BCUT2D eigenvalue weighted by molar-refractivity contribution is 7.89. The van der Waals surface area contributed by atoms with Crippen LogP contribution in [0.1, 0.15) is 37.0 Å². The Morgan fingerprint density at radius 1 is 0.963 bits per heavy atom. The fraction of sp³-hybridized carbons (Fsp3) is 0.278. The molecular weight excluding hydrogens is 381 g/mol. The van der Waals surface area contributed by atoms with Crippen molar-refractivity contribution in [2.24, 2.45) is 0 Å². The quantitative estimate of drug-likeness (QED) is 0.742. The molecule has 9 heteroatoms. The Kier molecular flexibility index (Phi) is 6.61. The zero-order valence-corrected chi connectivity index (χ0v) is 15.5. The van der Waals surface area contributed by atoms with Gasteiger partial charge in [0, 0.05) is 17.8 Å². The summed E-state index contributed by atoms with van der Waals surface area (Å²) in [6.45, 7) is 3.64. The fourth-order valence-corrected chi connectivity index (χ4v) is 3.79. The Hall–Kier alpha value is -2.39. The zero-order valence-electron chi connectivity index (χ0n) is 14.7. The van der Waals surface area contributed by atoms with Gasteiger partial charge in [-0.15, -0.1) is 0 Å². The summed E-state index contributed by atoms with van der Waals surface area (Å²) in [5.74, 6) is -4.21. The second-order valence-electron chi connectivity index (χ2n) is 5.86. The van der Waals surface area contributed by atoms with Crippen LogP contribution in [0, 0.1) is 17.5 Å². The standard InChI is InChI=1S/C18H19F3N2O3S/c1-3-11(4-2)23-27(25,26)13-6-8-15(19)14(10-13)18(24)22-12-5-7-16(20)17(21)9-12/h5-11,23H,3-4H2,1-2H3,(H,22,24). The van der Waals surface area contributed by atoms with Gasteiger partial charge in [-0.05, 0) is 43.2 Å². The van der Waals surface area contributed by atoms with Crippen LogP contribution in [0.25, 0.3) is 0 Å². The van der Waals surface area contributed by atoms with Gasteiger partial charge >= 0.3 is 0 Å². The molecule has 0 spiro atoms. The van der Waals surface area contributed by atoms with Gasteiger partial charge in [0.05, 0.1) is 10.5 Å². The Morgan fingerprint density at radius 3 is 2.19 bits per heavy atom. The van der Waals surface area contributed by atoms with E-state index in [1.54, 1.807) is 0 Å². The molecular formula is C18H19F3N2O3S. The molecule has 2 N–H and O–H groups in total. The molecule has 5 nitrogen and oxygen atoms in total. The number of carbonyl (C=O) groups is 1. The van der Waals surface area contributed by atoms with E-state index in [9.17, 15) is 26.4 Å². The number of sulfonamides is 1. The summed E-state index contributed by atoms with van der Waals surface area (Å²) in [4.78, 5) is 12.0. The van der Waals surface area contributed by atoms with Gasteiger partial charge in [0.2, 0.25) is 10.0 Å². The summed E-state index contributed by atoms with van der Waals surface area (Å²) in [5.41, 5.74) is -0.631. The van der Waals surface area contributed by atoms with Crippen LogP contribution in [0.4, 0.5) is 18.9 Å². The van der Waals surface area contributed by atoms with E-state index in [4.69, 9.17) is 0 Å². The Labute approximate surface area is 155 Å². The minimum absolute atomic E-state index is 0.0956. The molecule has 0 unspecified atom stereocenters. The van der Waals surface area contributed by atoms with E-state index in [0.717, 1.165) is 36.4 Å². The topological polar surface area (TPSA) is 75.3 Å². The molecule has 0 aliphatic heterocycles. The number of halogens is 3. The maximum atomic E-state index is 14.0. The number of hydrogen-bond donors (Lipinski definition) is 2. The van der Waals surface area contributed by atoms with Gasteiger partial charge in [0.1, 0.15) is 5.82 Å². The highest BCUT2D eigenvalue weighted by Gasteiger charge is 2.22. The normalized spacial score (nSPS) is 11.6. The van der Waals surface area contributed by atoms with Crippen molar-refractivity contribution in [1.29, 1.82) is 0 Å². The van der Waals surface area contributed by atoms with Crippen molar-refractivity contribution in [2.75, 3.05) is 5.32 Å². The van der Waals surface area contributed by atoms with Crippen molar-refractivity contribution in [3.05, 3.63) is 59.4 Å². The third kappa shape index (κ3) is 5.08. The number of nitrogens with one attached hydrogen (secondary N) is 2. The predicted octanol–water partition coefficient (Wildman–Crippen LogP) is 3.82. The Morgan fingerprint density at radius 2 is 1.59 bits per heavy atom. The highest BCUT2D eigenvalue weighted by Crippen LogP contribution is 2.19. The summed E-state index contributed by atoms with van der Waals surface area (Å²) in [6.07, 6.45) is 1.14. The third-order valence-electron chi connectivity index (χ3n) is 3.98. The zero-order chi connectivity index (χ0) is 20.2. The first kappa shape index (κ1) is 20.9. The average molecular weight is 400 g/mol. The van der Waals surface area contributed by atoms with Crippen LogP contribution in [-0.2, 0) is 10.0 Å². The van der Waals surface area contributed by atoms with Gasteiger partial charge in [0.25, 0.3) is 5.91 Å². The minimum atomic E-state index is -3.95. The Bertz CT molecular complexity index is 945. The van der Waals surface area contributed by atoms with Gasteiger partial charge in [0.15, 0.2) is 11.6 Å². The van der Waals surface area contributed by atoms with Crippen LogP contribution in [0.2, 0.25) is 0 Å². The second kappa shape index (κ2) is 8.53. The summed E-state index contributed by atoms with van der Waals surface area (Å²) in [7, 11) is -3.95. The molecule has 0 radical (unpaired) electrons. The van der Waals surface area contributed by atoms with E-state index in [0.29, 0.717) is 12.8 Å². The Balaban J connectivity index is 2.30. The molecule has 0 fully saturated rings. The van der Waals surface area contributed by atoms with E-state index in [-0.39, 0.29) is 16.6 Å². The molecule has 0 heterocycles. The fourth-order valence-electron chi connectivity index (χ4n) is 2.36. The summed E-state index contributed by atoms with van der Waals surface area (Å²) in [6, 6.07) is 5.16. The van der Waals surface area contributed by atoms with Crippen LogP contribution in [0.5, 0.6) is 0 Å². The molecule has 2 aromatic rings. The number of amides is 1. The minimum Gasteiger partial charge on any atom is -0.322 e. The van der Waals surface area contributed by atoms with E-state index in [1.165, 1.54) is 0 Å². The van der Waals surface area contributed by atoms with Crippen molar-refractivity contribution >= 4 is 21.6 Å². The lowest BCUT2D eigenvalue weighted by Gasteiger charge is -2.15.